The Balaban J connectivity index is 2.08. The van der Waals surface area contributed by atoms with Gasteiger partial charge >= 0.3 is 0 Å². The van der Waals surface area contributed by atoms with E-state index in [1.165, 1.54) is 0 Å². The number of aromatic nitrogens is 3. The number of rotatable bonds is 3. The van der Waals surface area contributed by atoms with Gasteiger partial charge in [-0.3, -0.25) is 0 Å². The number of anilines is 1. The summed E-state index contributed by atoms with van der Waals surface area (Å²) in [5, 5.41) is 13.2. The average Bonchev–Trinajstić information content (AvgIpc) is 2.93. The molecule has 0 radical (unpaired) electrons. The second kappa shape index (κ2) is 5.02. The van der Waals surface area contributed by atoms with Crippen molar-refractivity contribution >= 4 is 16.7 Å². The molecular formula is C15H13N5. The summed E-state index contributed by atoms with van der Waals surface area (Å²) in [7, 11) is 1.85. The Hall–Kier alpha value is -2.87. The molecule has 5 nitrogen and oxygen atoms in total. The van der Waals surface area contributed by atoms with Gasteiger partial charge in [-0.1, -0.05) is 18.2 Å². The number of nitrogens with one attached hydrogen (secondary N) is 1. The number of hydrogen-bond acceptors (Lipinski definition) is 4. The van der Waals surface area contributed by atoms with Gasteiger partial charge in [0, 0.05) is 30.4 Å². The molecule has 0 aliphatic carbocycles. The number of pyridine rings is 1. The number of hydrogen-bond donors (Lipinski definition) is 1. The first-order valence-corrected chi connectivity index (χ1v) is 6.29. The number of para-hydroxylation sites is 1. The molecule has 0 spiro atoms. The van der Waals surface area contributed by atoms with Gasteiger partial charge in [0.1, 0.15) is 11.9 Å². The lowest BCUT2D eigenvalue weighted by Gasteiger charge is -2.11. The molecule has 0 amide bonds. The van der Waals surface area contributed by atoms with Crippen molar-refractivity contribution in [3.05, 3.63) is 54.1 Å². The Labute approximate surface area is 116 Å². The normalized spacial score (nSPS) is 10.4. The minimum atomic E-state index is 0.403. The zero-order valence-electron chi connectivity index (χ0n) is 11.0. The van der Waals surface area contributed by atoms with Crippen LogP contribution in [0.25, 0.3) is 10.9 Å². The van der Waals surface area contributed by atoms with Crippen molar-refractivity contribution in [1.29, 1.82) is 5.26 Å². The third-order valence-corrected chi connectivity index (χ3v) is 3.20. The molecule has 0 fully saturated rings. The number of benzene rings is 1. The quantitative estimate of drug-likeness (QED) is 0.788. The average molecular weight is 263 g/mol. The van der Waals surface area contributed by atoms with Gasteiger partial charge in [0.25, 0.3) is 0 Å². The maximum Gasteiger partial charge on any atom is 0.213 e. The summed E-state index contributed by atoms with van der Waals surface area (Å²) in [6.45, 7) is 0.566. The van der Waals surface area contributed by atoms with Crippen LogP contribution in [0.3, 0.4) is 0 Å². The highest BCUT2D eigenvalue weighted by Crippen LogP contribution is 2.21. The minimum absolute atomic E-state index is 0.403. The van der Waals surface area contributed by atoms with E-state index in [0.29, 0.717) is 12.4 Å². The number of nitriles is 1. The van der Waals surface area contributed by atoms with E-state index in [9.17, 15) is 0 Å². The first-order valence-electron chi connectivity index (χ1n) is 6.29. The minimum Gasteiger partial charge on any atom is -0.373 e. The van der Waals surface area contributed by atoms with E-state index in [1.54, 1.807) is 12.4 Å². The van der Waals surface area contributed by atoms with Crippen LogP contribution in [0.15, 0.2) is 42.7 Å². The molecule has 0 aliphatic rings. The van der Waals surface area contributed by atoms with E-state index in [4.69, 9.17) is 5.26 Å². The second-order valence-electron chi connectivity index (χ2n) is 4.43. The first kappa shape index (κ1) is 12.2. The number of imidazole rings is 1. The summed E-state index contributed by atoms with van der Waals surface area (Å²) < 4.78 is 1.81. The highest BCUT2D eigenvalue weighted by Gasteiger charge is 2.08. The SMILES string of the molecule is CNc1nc2ccccc2cc1Cn1ccnc1C#N. The predicted octanol–water partition coefficient (Wildman–Crippen LogP) is 2.39. The maximum atomic E-state index is 9.02. The smallest absolute Gasteiger partial charge is 0.213 e. The maximum absolute atomic E-state index is 9.02. The fraction of sp³-hybridized carbons (Fsp3) is 0.133. The summed E-state index contributed by atoms with van der Waals surface area (Å²) in [6.07, 6.45) is 3.43. The Kier molecular flexibility index (Phi) is 3.05. The summed E-state index contributed by atoms with van der Waals surface area (Å²) in [4.78, 5) is 8.61. The van der Waals surface area contributed by atoms with Crippen molar-refractivity contribution in [3.63, 3.8) is 0 Å². The van der Waals surface area contributed by atoms with Crippen LogP contribution in [-0.2, 0) is 6.54 Å². The highest BCUT2D eigenvalue weighted by atomic mass is 15.1. The molecule has 1 N–H and O–H groups in total. The zero-order chi connectivity index (χ0) is 13.9. The Morgan fingerprint density at radius 1 is 1.35 bits per heavy atom. The second-order valence-corrected chi connectivity index (χ2v) is 4.43. The number of fused-ring (bicyclic) bond motifs is 1. The standard InChI is InChI=1S/C15H13N5/c1-17-15-12(10-20-7-6-18-14(20)9-16)8-11-4-2-3-5-13(11)19-15/h2-8H,10H2,1H3,(H,17,19). The van der Waals surface area contributed by atoms with Gasteiger partial charge in [0.05, 0.1) is 12.1 Å². The summed E-state index contributed by atoms with van der Waals surface area (Å²) in [5.74, 6) is 1.22. The van der Waals surface area contributed by atoms with Gasteiger partial charge in [-0.2, -0.15) is 5.26 Å². The van der Waals surface area contributed by atoms with Crippen LogP contribution in [0.2, 0.25) is 0 Å². The topological polar surface area (TPSA) is 66.5 Å². The largest absolute Gasteiger partial charge is 0.373 e. The molecule has 3 rings (SSSR count). The van der Waals surface area contributed by atoms with Crippen LogP contribution in [0.5, 0.6) is 0 Å². The van der Waals surface area contributed by atoms with E-state index in [2.05, 4.69) is 27.4 Å². The third kappa shape index (κ3) is 2.08. The van der Waals surface area contributed by atoms with Crippen LogP contribution in [0.4, 0.5) is 5.82 Å². The van der Waals surface area contributed by atoms with Crippen LogP contribution < -0.4 is 5.32 Å². The molecule has 0 aliphatic heterocycles. The molecule has 2 heterocycles. The van der Waals surface area contributed by atoms with Crippen molar-refractivity contribution < 1.29 is 0 Å². The molecule has 20 heavy (non-hydrogen) atoms. The van der Waals surface area contributed by atoms with Gasteiger partial charge < -0.3 is 9.88 Å². The van der Waals surface area contributed by atoms with Gasteiger partial charge in [-0.25, -0.2) is 9.97 Å². The molecule has 3 aromatic rings. The van der Waals surface area contributed by atoms with E-state index >= 15 is 0 Å². The number of nitrogens with zero attached hydrogens (tertiary/aromatic N) is 4. The molecule has 2 aromatic heterocycles. The molecule has 1 aromatic carbocycles. The molecule has 0 unspecified atom stereocenters. The van der Waals surface area contributed by atoms with Crippen molar-refractivity contribution in [3.8, 4) is 6.07 Å². The molecule has 0 saturated heterocycles. The van der Waals surface area contributed by atoms with E-state index < -0.39 is 0 Å². The molecule has 0 atom stereocenters. The van der Waals surface area contributed by atoms with Crippen molar-refractivity contribution in [2.45, 2.75) is 6.54 Å². The Bertz CT molecular complexity index is 797. The lowest BCUT2D eigenvalue weighted by molar-refractivity contribution is 0.781. The van der Waals surface area contributed by atoms with E-state index in [-0.39, 0.29) is 0 Å². The fourth-order valence-corrected chi connectivity index (χ4v) is 2.23. The van der Waals surface area contributed by atoms with Crippen LogP contribution in [0.1, 0.15) is 11.4 Å². The molecule has 0 saturated carbocycles. The lowest BCUT2D eigenvalue weighted by Crippen LogP contribution is -2.06. The predicted molar refractivity (Wildman–Crippen MR) is 77.3 cm³/mol. The fourth-order valence-electron chi connectivity index (χ4n) is 2.23. The van der Waals surface area contributed by atoms with Crippen LogP contribution in [0, 0.1) is 11.3 Å². The Morgan fingerprint density at radius 2 is 2.20 bits per heavy atom. The van der Waals surface area contributed by atoms with Gasteiger partial charge in [0.15, 0.2) is 0 Å². The molecule has 98 valence electrons. The first-order chi connectivity index (χ1) is 9.81. The lowest BCUT2D eigenvalue weighted by atomic mass is 10.1. The summed E-state index contributed by atoms with van der Waals surface area (Å²) in [6, 6.07) is 12.2. The van der Waals surface area contributed by atoms with Gasteiger partial charge in [0.2, 0.25) is 5.82 Å². The molecule has 0 bridgehead atoms. The van der Waals surface area contributed by atoms with Gasteiger partial charge in [-0.05, 0) is 12.1 Å². The summed E-state index contributed by atoms with van der Waals surface area (Å²) in [5.41, 5.74) is 1.98. The van der Waals surface area contributed by atoms with E-state index in [0.717, 1.165) is 22.3 Å². The molecular weight excluding hydrogens is 250 g/mol. The van der Waals surface area contributed by atoms with Crippen LogP contribution >= 0.6 is 0 Å². The zero-order valence-corrected chi connectivity index (χ0v) is 11.0. The highest BCUT2D eigenvalue weighted by molar-refractivity contribution is 5.81. The molecule has 5 heteroatoms. The monoisotopic (exact) mass is 263 g/mol. The van der Waals surface area contributed by atoms with E-state index in [1.807, 2.05) is 35.9 Å². The van der Waals surface area contributed by atoms with Crippen molar-refractivity contribution in [1.82, 2.24) is 14.5 Å². The third-order valence-electron chi connectivity index (χ3n) is 3.20. The summed E-state index contributed by atoms with van der Waals surface area (Å²) >= 11 is 0. The van der Waals surface area contributed by atoms with Crippen molar-refractivity contribution in [2.75, 3.05) is 12.4 Å². The van der Waals surface area contributed by atoms with Crippen molar-refractivity contribution in [2.24, 2.45) is 0 Å². The van der Waals surface area contributed by atoms with Gasteiger partial charge in [-0.15, -0.1) is 0 Å². The van der Waals surface area contributed by atoms with Crippen LogP contribution in [-0.4, -0.2) is 21.6 Å². The Morgan fingerprint density at radius 3 is 3.00 bits per heavy atom.